The zero-order valence-electron chi connectivity index (χ0n) is 15.3. The number of hydrogen-bond donors (Lipinski definition) is 1. The fraction of sp³-hybridized carbons (Fsp3) is 0.579. The van der Waals surface area contributed by atoms with Gasteiger partial charge in [0.2, 0.25) is 0 Å². The molecule has 2 rings (SSSR count). The first-order valence-corrected chi connectivity index (χ1v) is 8.64. The summed E-state index contributed by atoms with van der Waals surface area (Å²) in [5.74, 6) is 1.15. The van der Waals surface area contributed by atoms with E-state index in [0.717, 1.165) is 12.8 Å². The average molecular weight is 349 g/mol. The van der Waals surface area contributed by atoms with E-state index < -0.39 is 5.97 Å². The number of carbonyl (C=O) groups is 2. The number of rotatable bonds is 6. The molecule has 6 heteroatoms. The summed E-state index contributed by atoms with van der Waals surface area (Å²) in [7, 11) is 3.01. The molecular formula is C19H27NO5. The molecule has 1 N–H and O–H groups in total. The second-order valence-corrected chi connectivity index (χ2v) is 6.59. The van der Waals surface area contributed by atoms with Crippen molar-refractivity contribution in [1.82, 2.24) is 5.32 Å². The second kappa shape index (κ2) is 8.74. The maximum absolute atomic E-state index is 12.1. The van der Waals surface area contributed by atoms with Gasteiger partial charge in [0.1, 0.15) is 0 Å². The Morgan fingerprint density at radius 2 is 1.84 bits per heavy atom. The molecule has 0 saturated heterocycles. The molecule has 25 heavy (non-hydrogen) atoms. The Labute approximate surface area is 148 Å². The summed E-state index contributed by atoms with van der Waals surface area (Å²) in [5, 5.41) is 2.99. The van der Waals surface area contributed by atoms with Gasteiger partial charge >= 0.3 is 5.97 Å². The third-order valence-electron chi connectivity index (χ3n) is 5.01. The molecule has 0 heterocycles. The molecule has 1 saturated carbocycles. The van der Waals surface area contributed by atoms with Crippen LogP contribution >= 0.6 is 0 Å². The number of methoxy groups -OCH3 is 2. The van der Waals surface area contributed by atoms with Gasteiger partial charge in [0.25, 0.3) is 5.91 Å². The van der Waals surface area contributed by atoms with Gasteiger partial charge in [-0.15, -0.1) is 0 Å². The highest BCUT2D eigenvalue weighted by molar-refractivity contribution is 5.92. The van der Waals surface area contributed by atoms with Crippen LogP contribution in [0.3, 0.4) is 0 Å². The molecule has 1 fully saturated rings. The number of ether oxygens (including phenoxy) is 3. The molecule has 1 aromatic rings. The summed E-state index contributed by atoms with van der Waals surface area (Å²) in [6.45, 7) is 4.08. The van der Waals surface area contributed by atoms with E-state index in [1.165, 1.54) is 26.7 Å². The largest absolute Gasteiger partial charge is 0.493 e. The van der Waals surface area contributed by atoms with Gasteiger partial charge in [0, 0.05) is 6.04 Å². The Kier molecular flexibility index (Phi) is 6.67. The summed E-state index contributed by atoms with van der Waals surface area (Å²) >= 11 is 0. The van der Waals surface area contributed by atoms with E-state index in [-0.39, 0.29) is 18.6 Å². The topological polar surface area (TPSA) is 73.9 Å². The molecule has 1 aromatic carbocycles. The van der Waals surface area contributed by atoms with Crippen LogP contribution in [-0.4, -0.2) is 38.7 Å². The van der Waals surface area contributed by atoms with Gasteiger partial charge in [-0.2, -0.15) is 0 Å². The first kappa shape index (κ1) is 19.1. The van der Waals surface area contributed by atoms with Gasteiger partial charge in [0.15, 0.2) is 18.1 Å². The number of benzene rings is 1. The molecule has 0 unspecified atom stereocenters. The molecule has 0 radical (unpaired) electrons. The predicted molar refractivity (Wildman–Crippen MR) is 93.9 cm³/mol. The van der Waals surface area contributed by atoms with Crippen molar-refractivity contribution < 1.29 is 23.8 Å². The van der Waals surface area contributed by atoms with Gasteiger partial charge in [-0.25, -0.2) is 4.79 Å². The number of nitrogens with one attached hydrogen (secondary N) is 1. The number of carbonyl (C=O) groups excluding carboxylic acids is 2. The lowest BCUT2D eigenvalue weighted by atomic mass is 9.78. The van der Waals surface area contributed by atoms with Gasteiger partial charge in [-0.3, -0.25) is 4.79 Å². The minimum Gasteiger partial charge on any atom is -0.493 e. The van der Waals surface area contributed by atoms with Crippen LogP contribution < -0.4 is 14.8 Å². The Balaban J connectivity index is 1.88. The molecule has 0 spiro atoms. The summed E-state index contributed by atoms with van der Waals surface area (Å²) in [4.78, 5) is 24.2. The van der Waals surface area contributed by atoms with Crippen LogP contribution in [0, 0.1) is 11.8 Å². The monoisotopic (exact) mass is 349 g/mol. The fourth-order valence-electron chi connectivity index (χ4n) is 3.21. The maximum Gasteiger partial charge on any atom is 0.338 e. The van der Waals surface area contributed by atoms with E-state index in [1.54, 1.807) is 12.1 Å². The normalized spacial score (nSPS) is 22.8. The van der Waals surface area contributed by atoms with Gasteiger partial charge in [0.05, 0.1) is 19.8 Å². The number of esters is 1. The lowest BCUT2D eigenvalue weighted by Crippen LogP contribution is -2.45. The third kappa shape index (κ3) is 4.87. The van der Waals surface area contributed by atoms with Crippen LogP contribution in [0.4, 0.5) is 0 Å². The predicted octanol–water partition coefficient (Wildman–Crippen LogP) is 2.80. The van der Waals surface area contributed by atoms with E-state index >= 15 is 0 Å². The lowest BCUT2D eigenvalue weighted by molar-refractivity contribution is -0.125. The van der Waals surface area contributed by atoms with Crippen molar-refractivity contribution >= 4 is 11.9 Å². The Morgan fingerprint density at radius 1 is 1.12 bits per heavy atom. The number of amides is 1. The van der Waals surface area contributed by atoms with Gasteiger partial charge in [-0.05, 0) is 36.5 Å². The number of hydrogen-bond acceptors (Lipinski definition) is 5. The molecule has 138 valence electrons. The minimum absolute atomic E-state index is 0.149. The van der Waals surface area contributed by atoms with Crippen LogP contribution in [0.5, 0.6) is 11.5 Å². The summed E-state index contributed by atoms with van der Waals surface area (Å²) in [6.07, 6.45) is 3.28. The summed E-state index contributed by atoms with van der Waals surface area (Å²) in [5.41, 5.74) is 0.310. The zero-order valence-corrected chi connectivity index (χ0v) is 15.3. The lowest BCUT2D eigenvalue weighted by Gasteiger charge is -2.34. The quantitative estimate of drug-likeness (QED) is 0.800. The highest BCUT2D eigenvalue weighted by Crippen LogP contribution is 2.29. The van der Waals surface area contributed by atoms with Crippen molar-refractivity contribution in [3.05, 3.63) is 23.8 Å². The van der Waals surface area contributed by atoms with E-state index in [0.29, 0.717) is 28.9 Å². The SMILES string of the molecule is COc1ccc(C(=O)OCC(=O)N[C@@H]2CCC[C@@H](C)[C@H]2C)cc1OC. The van der Waals surface area contributed by atoms with Crippen molar-refractivity contribution in [2.24, 2.45) is 11.8 Å². The second-order valence-electron chi connectivity index (χ2n) is 6.59. The minimum atomic E-state index is -0.568. The summed E-state index contributed by atoms with van der Waals surface area (Å²) < 4.78 is 15.4. The Hall–Kier alpha value is -2.24. The van der Waals surface area contributed by atoms with E-state index in [1.807, 2.05) is 0 Å². The molecule has 1 amide bonds. The molecule has 0 aromatic heterocycles. The van der Waals surface area contributed by atoms with Crippen molar-refractivity contribution in [3.8, 4) is 11.5 Å². The molecule has 3 atom stereocenters. The molecule has 1 aliphatic carbocycles. The zero-order chi connectivity index (χ0) is 18.4. The van der Waals surface area contributed by atoms with E-state index in [4.69, 9.17) is 14.2 Å². The van der Waals surface area contributed by atoms with Crippen LogP contribution in [0.25, 0.3) is 0 Å². The molecular weight excluding hydrogens is 322 g/mol. The Morgan fingerprint density at radius 3 is 2.52 bits per heavy atom. The van der Waals surface area contributed by atoms with Gasteiger partial charge in [-0.1, -0.05) is 26.7 Å². The van der Waals surface area contributed by atoms with Crippen LogP contribution in [0.15, 0.2) is 18.2 Å². The van der Waals surface area contributed by atoms with E-state index in [2.05, 4.69) is 19.2 Å². The van der Waals surface area contributed by atoms with Crippen LogP contribution in [0.1, 0.15) is 43.5 Å². The van der Waals surface area contributed by atoms with E-state index in [9.17, 15) is 9.59 Å². The third-order valence-corrected chi connectivity index (χ3v) is 5.01. The molecule has 0 aliphatic heterocycles. The molecule has 0 bridgehead atoms. The first-order valence-electron chi connectivity index (χ1n) is 8.64. The summed E-state index contributed by atoms with van der Waals surface area (Å²) in [6, 6.07) is 4.88. The highest BCUT2D eigenvalue weighted by Gasteiger charge is 2.28. The Bertz CT molecular complexity index is 616. The van der Waals surface area contributed by atoms with Crippen molar-refractivity contribution in [2.45, 2.75) is 39.2 Å². The van der Waals surface area contributed by atoms with Crippen LogP contribution in [-0.2, 0) is 9.53 Å². The fourth-order valence-corrected chi connectivity index (χ4v) is 3.21. The van der Waals surface area contributed by atoms with Crippen molar-refractivity contribution in [1.29, 1.82) is 0 Å². The average Bonchev–Trinajstić information content (AvgIpc) is 2.62. The first-order chi connectivity index (χ1) is 12.0. The highest BCUT2D eigenvalue weighted by atomic mass is 16.5. The van der Waals surface area contributed by atoms with Crippen molar-refractivity contribution in [3.63, 3.8) is 0 Å². The smallest absolute Gasteiger partial charge is 0.338 e. The van der Waals surface area contributed by atoms with Crippen molar-refractivity contribution in [2.75, 3.05) is 20.8 Å². The molecule has 6 nitrogen and oxygen atoms in total. The maximum atomic E-state index is 12.1. The molecule has 1 aliphatic rings. The van der Waals surface area contributed by atoms with Crippen LogP contribution in [0.2, 0.25) is 0 Å². The van der Waals surface area contributed by atoms with Gasteiger partial charge < -0.3 is 19.5 Å². The standard InChI is InChI=1S/C19H27NO5/c1-12-6-5-7-15(13(12)2)20-18(21)11-25-19(22)14-8-9-16(23-3)17(10-14)24-4/h8-10,12-13,15H,5-7,11H2,1-4H3,(H,20,21)/t12-,13-,15-/m1/s1.